The minimum atomic E-state index is -0.0825. The van der Waals surface area contributed by atoms with Gasteiger partial charge in [0, 0.05) is 18.5 Å². The van der Waals surface area contributed by atoms with Gasteiger partial charge in [-0.15, -0.1) is 0 Å². The van der Waals surface area contributed by atoms with E-state index in [9.17, 15) is 0 Å². The van der Waals surface area contributed by atoms with Crippen LogP contribution in [0.1, 0.15) is 24.1 Å². The number of nitrogens with two attached hydrogens (primary N) is 2. The lowest BCUT2D eigenvalue weighted by Crippen LogP contribution is -2.31. The van der Waals surface area contributed by atoms with Crippen molar-refractivity contribution >= 4 is 0 Å². The lowest BCUT2D eigenvalue weighted by atomic mass is 9.99. The summed E-state index contributed by atoms with van der Waals surface area (Å²) in [6, 6.07) is 5.99. The van der Waals surface area contributed by atoms with Crippen molar-refractivity contribution in [2.75, 3.05) is 6.61 Å². The van der Waals surface area contributed by atoms with Crippen molar-refractivity contribution in [1.82, 2.24) is 0 Å². The van der Waals surface area contributed by atoms with Crippen LogP contribution in [0, 0.1) is 0 Å². The fraction of sp³-hybridized carbons (Fsp3) is 0.455. The number of benzene rings is 1. The predicted molar refractivity (Wildman–Crippen MR) is 56.2 cm³/mol. The molecule has 2 atom stereocenters. The summed E-state index contributed by atoms with van der Waals surface area (Å²) in [5.41, 5.74) is 14.1. The van der Waals surface area contributed by atoms with Gasteiger partial charge in [0.25, 0.3) is 0 Å². The molecule has 3 heteroatoms. The minimum absolute atomic E-state index is 0.0182. The topological polar surface area (TPSA) is 61.3 Å². The lowest BCUT2D eigenvalue weighted by molar-refractivity contribution is 0.356. The molecule has 3 nitrogen and oxygen atoms in total. The van der Waals surface area contributed by atoms with E-state index in [0.717, 1.165) is 24.3 Å². The van der Waals surface area contributed by atoms with Crippen LogP contribution < -0.4 is 16.2 Å². The Bertz CT molecular complexity index is 336. The molecule has 0 fully saturated rings. The summed E-state index contributed by atoms with van der Waals surface area (Å²) in [6.45, 7) is 2.71. The van der Waals surface area contributed by atoms with Crippen LogP contribution in [0.5, 0.6) is 5.75 Å². The predicted octanol–water partition coefficient (Wildman–Crippen LogP) is 0.969. The van der Waals surface area contributed by atoms with E-state index in [1.807, 2.05) is 19.1 Å². The molecule has 1 aromatic carbocycles. The van der Waals surface area contributed by atoms with Gasteiger partial charge in [-0.2, -0.15) is 0 Å². The average molecular weight is 192 g/mol. The van der Waals surface area contributed by atoms with Crippen LogP contribution in [0.25, 0.3) is 0 Å². The summed E-state index contributed by atoms with van der Waals surface area (Å²) in [6.07, 6.45) is 0.981. The highest BCUT2D eigenvalue weighted by molar-refractivity contribution is 5.40. The van der Waals surface area contributed by atoms with Crippen molar-refractivity contribution in [2.45, 2.75) is 25.4 Å². The van der Waals surface area contributed by atoms with E-state index in [0.29, 0.717) is 0 Å². The molecule has 0 aliphatic carbocycles. The van der Waals surface area contributed by atoms with E-state index in [1.54, 1.807) is 0 Å². The van der Waals surface area contributed by atoms with Crippen molar-refractivity contribution in [3.63, 3.8) is 0 Å². The fourth-order valence-corrected chi connectivity index (χ4v) is 1.72. The second kappa shape index (κ2) is 3.59. The van der Waals surface area contributed by atoms with Crippen LogP contribution in [-0.4, -0.2) is 12.6 Å². The molecule has 0 saturated carbocycles. The van der Waals surface area contributed by atoms with E-state index in [1.165, 1.54) is 5.56 Å². The maximum atomic E-state index is 5.97. The second-order valence-electron chi connectivity index (χ2n) is 3.85. The van der Waals surface area contributed by atoms with Gasteiger partial charge in [0.1, 0.15) is 5.75 Å². The van der Waals surface area contributed by atoms with Crippen molar-refractivity contribution in [2.24, 2.45) is 11.5 Å². The van der Waals surface area contributed by atoms with Gasteiger partial charge in [-0.25, -0.2) is 0 Å². The molecule has 0 unspecified atom stereocenters. The molecule has 0 aromatic heterocycles. The van der Waals surface area contributed by atoms with Gasteiger partial charge in [-0.3, -0.25) is 0 Å². The molecule has 1 aromatic rings. The van der Waals surface area contributed by atoms with Gasteiger partial charge in [-0.05, 0) is 24.1 Å². The Morgan fingerprint density at radius 2 is 2.14 bits per heavy atom. The molecule has 0 amide bonds. The van der Waals surface area contributed by atoms with Gasteiger partial charge in [0.15, 0.2) is 0 Å². The Labute approximate surface area is 84.0 Å². The Morgan fingerprint density at radius 1 is 1.36 bits per heavy atom. The zero-order chi connectivity index (χ0) is 10.1. The standard InChI is InChI=1S/C11H16N2O/c1-7(12)11(13)9-2-3-10-8(6-9)4-5-14-10/h2-3,6-7,11H,4-5,12-13H2,1H3/t7-,11+/m0/s1. The van der Waals surface area contributed by atoms with E-state index >= 15 is 0 Å². The highest BCUT2D eigenvalue weighted by atomic mass is 16.5. The first-order valence-corrected chi connectivity index (χ1v) is 4.95. The van der Waals surface area contributed by atoms with Crippen LogP contribution in [0.2, 0.25) is 0 Å². The molecule has 0 spiro atoms. The van der Waals surface area contributed by atoms with Gasteiger partial charge in [-0.1, -0.05) is 12.1 Å². The lowest BCUT2D eigenvalue weighted by Gasteiger charge is -2.16. The first kappa shape index (κ1) is 9.49. The molecule has 0 saturated heterocycles. The summed E-state index contributed by atoms with van der Waals surface area (Å²) in [5, 5.41) is 0. The monoisotopic (exact) mass is 192 g/mol. The number of rotatable bonds is 2. The number of hydrogen-bond donors (Lipinski definition) is 2. The van der Waals surface area contributed by atoms with E-state index in [4.69, 9.17) is 16.2 Å². The Kier molecular flexibility index (Phi) is 2.44. The highest BCUT2D eigenvalue weighted by Crippen LogP contribution is 2.28. The fourth-order valence-electron chi connectivity index (χ4n) is 1.72. The smallest absolute Gasteiger partial charge is 0.122 e. The highest BCUT2D eigenvalue weighted by Gasteiger charge is 2.16. The van der Waals surface area contributed by atoms with Crippen LogP contribution in [-0.2, 0) is 6.42 Å². The van der Waals surface area contributed by atoms with Crippen LogP contribution in [0.4, 0.5) is 0 Å². The molecular formula is C11H16N2O. The molecule has 1 heterocycles. The van der Waals surface area contributed by atoms with E-state index in [2.05, 4.69) is 6.07 Å². The van der Waals surface area contributed by atoms with Crippen molar-refractivity contribution in [1.29, 1.82) is 0 Å². The Morgan fingerprint density at radius 3 is 2.86 bits per heavy atom. The first-order valence-electron chi connectivity index (χ1n) is 4.95. The summed E-state index contributed by atoms with van der Waals surface area (Å²) in [5.74, 6) is 0.991. The summed E-state index contributed by atoms with van der Waals surface area (Å²) in [4.78, 5) is 0. The van der Waals surface area contributed by atoms with Gasteiger partial charge < -0.3 is 16.2 Å². The Hall–Kier alpha value is -1.06. The van der Waals surface area contributed by atoms with Gasteiger partial charge >= 0.3 is 0 Å². The molecule has 76 valence electrons. The van der Waals surface area contributed by atoms with Crippen molar-refractivity contribution in [3.05, 3.63) is 29.3 Å². The van der Waals surface area contributed by atoms with Crippen molar-refractivity contribution < 1.29 is 4.74 Å². The molecule has 2 rings (SSSR count). The van der Waals surface area contributed by atoms with Crippen LogP contribution >= 0.6 is 0 Å². The quantitative estimate of drug-likeness (QED) is 0.734. The first-order chi connectivity index (χ1) is 6.68. The average Bonchev–Trinajstić information content (AvgIpc) is 2.62. The van der Waals surface area contributed by atoms with Crippen LogP contribution in [0.3, 0.4) is 0 Å². The molecular weight excluding hydrogens is 176 g/mol. The second-order valence-corrected chi connectivity index (χ2v) is 3.85. The summed E-state index contributed by atoms with van der Waals surface area (Å²) >= 11 is 0. The van der Waals surface area contributed by atoms with Gasteiger partial charge in [0.05, 0.1) is 6.61 Å². The molecule has 1 aliphatic rings. The Balaban J connectivity index is 2.28. The zero-order valence-electron chi connectivity index (χ0n) is 8.36. The third-order valence-corrected chi connectivity index (χ3v) is 2.66. The third-order valence-electron chi connectivity index (χ3n) is 2.66. The SMILES string of the molecule is C[C@H](N)[C@@H](N)c1ccc2c(c1)CCO2. The number of ether oxygens (including phenoxy) is 1. The van der Waals surface area contributed by atoms with Crippen molar-refractivity contribution in [3.8, 4) is 5.75 Å². The van der Waals surface area contributed by atoms with E-state index in [-0.39, 0.29) is 12.1 Å². The van der Waals surface area contributed by atoms with E-state index < -0.39 is 0 Å². The zero-order valence-corrected chi connectivity index (χ0v) is 8.36. The normalized spacial score (nSPS) is 18.5. The third kappa shape index (κ3) is 1.61. The molecule has 0 bridgehead atoms. The van der Waals surface area contributed by atoms with Gasteiger partial charge in [0.2, 0.25) is 0 Å². The minimum Gasteiger partial charge on any atom is -0.493 e. The molecule has 0 radical (unpaired) electrons. The number of hydrogen-bond acceptors (Lipinski definition) is 3. The molecule has 14 heavy (non-hydrogen) atoms. The largest absolute Gasteiger partial charge is 0.493 e. The maximum absolute atomic E-state index is 5.97. The summed E-state index contributed by atoms with van der Waals surface area (Å²) < 4.78 is 5.42. The number of fused-ring (bicyclic) bond motifs is 1. The molecule has 1 aliphatic heterocycles. The molecule has 4 N–H and O–H groups in total. The summed E-state index contributed by atoms with van der Waals surface area (Å²) in [7, 11) is 0. The maximum Gasteiger partial charge on any atom is 0.122 e. The van der Waals surface area contributed by atoms with Crippen LogP contribution in [0.15, 0.2) is 18.2 Å².